The molecule has 0 radical (unpaired) electrons. The van der Waals surface area contributed by atoms with Crippen LogP contribution >= 0.6 is 0 Å². The second kappa shape index (κ2) is 2.35. The molecule has 6 nitrogen and oxygen atoms in total. The Morgan fingerprint density at radius 3 is 2.60 bits per heavy atom. The number of hydrogen-bond donors (Lipinski definition) is 2. The van der Waals surface area contributed by atoms with E-state index >= 15 is 0 Å². The molecule has 0 amide bonds. The molecule has 2 heterocycles. The van der Waals surface area contributed by atoms with Crippen molar-refractivity contribution < 1.29 is 14.3 Å². The van der Waals surface area contributed by atoms with Gasteiger partial charge in [-0.25, -0.2) is 14.4 Å². The molecule has 6 heteroatoms. The zero-order valence-electron chi connectivity index (χ0n) is 7.29. The third-order valence-electron chi connectivity index (χ3n) is 2.30. The van der Waals surface area contributed by atoms with Crippen LogP contribution in [0.2, 0.25) is 0 Å². The van der Waals surface area contributed by atoms with E-state index in [1.807, 2.05) is 0 Å². The lowest BCUT2D eigenvalue weighted by Gasteiger charge is -1.92. The van der Waals surface area contributed by atoms with Gasteiger partial charge in [0.2, 0.25) is 0 Å². The van der Waals surface area contributed by atoms with Crippen LogP contribution in [-0.4, -0.2) is 21.9 Å². The number of imidazole rings is 1. The summed E-state index contributed by atoms with van der Waals surface area (Å²) in [6, 6.07) is 3.00. The van der Waals surface area contributed by atoms with Gasteiger partial charge in [0.05, 0.1) is 16.6 Å². The van der Waals surface area contributed by atoms with Crippen molar-refractivity contribution in [2.24, 2.45) is 0 Å². The molecular formula is C9H4N2O4. The molecule has 2 aromatic rings. The number of hydrogen-bond acceptors (Lipinski definition) is 4. The Kier molecular flexibility index (Phi) is 1.25. The lowest BCUT2D eigenvalue weighted by atomic mass is 10.1. The van der Waals surface area contributed by atoms with Gasteiger partial charge in [0.1, 0.15) is 5.56 Å². The molecule has 1 aliphatic heterocycles. The highest BCUT2D eigenvalue weighted by Crippen LogP contribution is 2.25. The molecule has 1 aliphatic rings. The van der Waals surface area contributed by atoms with Crippen molar-refractivity contribution in [3.8, 4) is 0 Å². The number of H-pyrrole nitrogens is 2. The standard InChI is InChI=1S/C9H4N2O4/c12-7-3-1-2-4-6(11-9(14)10-4)5(3)8(13)15-7/h1-2H,(H2,10,11,14). The zero-order chi connectivity index (χ0) is 10.6. The summed E-state index contributed by atoms with van der Waals surface area (Å²) < 4.78 is 4.44. The second-order valence-electron chi connectivity index (χ2n) is 3.17. The van der Waals surface area contributed by atoms with E-state index < -0.39 is 17.6 Å². The number of aromatic amines is 2. The summed E-state index contributed by atoms with van der Waals surface area (Å²) in [7, 11) is 0. The minimum Gasteiger partial charge on any atom is -0.386 e. The van der Waals surface area contributed by atoms with E-state index in [2.05, 4.69) is 14.7 Å². The smallest absolute Gasteiger partial charge is 0.349 e. The largest absolute Gasteiger partial charge is 0.386 e. The van der Waals surface area contributed by atoms with Crippen molar-refractivity contribution >= 4 is 23.0 Å². The van der Waals surface area contributed by atoms with Gasteiger partial charge in [0.25, 0.3) is 0 Å². The van der Waals surface area contributed by atoms with Gasteiger partial charge in [-0.15, -0.1) is 0 Å². The van der Waals surface area contributed by atoms with Crippen molar-refractivity contribution in [3.63, 3.8) is 0 Å². The van der Waals surface area contributed by atoms with E-state index in [-0.39, 0.29) is 11.1 Å². The van der Waals surface area contributed by atoms with Gasteiger partial charge < -0.3 is 14.7 Å². The van der Waals surface area contributed by atoms with Gasteiger partial charge >= 0.3 is 17.6 Å². The van der Waals surface area contributed by atoms with Crippen molar-refractivity contribution in [1.29, 1.82) is 0 Å². The number of benzene rings is 1. The fourth-order valence-corrected chi connectivity index (χ4v) is 1.68. The van der Waals surface area contributed by atoms with Crippen LogP contribution in [0.15, 0.2) is 16.9 Å². The Balaban J connectivity index is 2.53. The molecule has 0 fully saturated rings. The maximum absolute atomic E-state index is 11.3. The summed E-state index contributed by atoms with van der Waals surface area (Å²) in [5, 5.41) is 0. The van der Waals surface area contributed by atoms with Crippen molar-refractivity contribution in [1.82, 2.24) is 9.97 Å². The molecule has 0 atom stereocenters. The van der Waals surface area contributed by atoms with Crippen LogP contribution in [0.5, 0.6) is 0 Å². The average Bonchev–Trinajstić information content (AvgIpc) is 2.66. The summed E-state index contributed by atoms with van der Waals surface area (Å²) in [6.07, 6.45) is 0. The fraction of sp³-hybridized carbons (Fsp3) is 0. The maximum atomic E-state index is 11.3. The molecule has 74 valence electrons. The molecule has 0 saturated heterocycles. The minimum absolute atomic E-state index is 0.121. The topological polar surface area (TPSA) is 92.0 Å². The van der Waals surface area contributed by atoms with E-state index in [0.29, 0.717) is 11.0 Å². The zero-order valence-corrected chi connectivity index (χ0v) is 7.29. The van der Waals surface area contributed by atoms with E-state index in [4.69, 9.17) is 0 Å². The van der Waals surface area contributed by atoms with Crippen LogP contribution in [0.25, 0.3) is 11.0 Å². The molecule has 0 spiro atoms. The molecule has 1 aromatic carbocycles. The maximum Gasteiger partial charge on any atom is 0.349 e. The van der Waals surface area contributed by atoms with E-state index in [0.717, 1.165) is 0 Å². The summed E-state index contributed by atoms with van der Waals surface area (Å²) in [5.74, 6) is -1.41. The normalized spacial score (nSPS) is 14.4. The molecule has 15 heavy (non-hydrogen) atoms. The van der Waals surface area contributed by atoms with Crippen LogP contribution in [0.1, 0.15) is 20.7 Å². The van der Waals surface area contributed by atoms with Crippen LogP contribution in [0.4, 0.5) is 0 Å². The van der Waals surface area contributed by atoms with Crippen LogP contribution in [0.3, 0.4) is 0 Å². The Hall–Kier alpha value is -2.37. The third kappa shape index (κ3) is 0.899. The molecular weight excluding hydrogens is 200 g/mol. The Morgan fingerprint density at radius 2 is 1.80 bits per heavy atom. The van der Waals surface area contributed by atoms with Gasteiger partial charge in [-0.1, -0.05) is 0 Å². The highest BCUT2D eigenvalue weighted by atomic mass is 16.6. The van der Waals surface area contributed by atoms with Gasteiger partial charge in [0.15, 0.2) is 0 Å². The average molecular weight is 204 g/mol. The second-order valence-corrected chi connectivity index (χ2v) is 3.17. The van der Waals surface area contributed by atoms with Crippen LogP contribution in [0, 0.1) is 0 Å². The number of esters is 2. The number of cyclic esters (lactones) is 2. The summed E-state index contributed by atoms with van der Waals surface area (Å²) >= 11 is 0. The summed E-state index contributed by atoms with van der Waals surface area (Å²) in [4.78, 5) is 38.5. The predicted molar refractivity (Wildman–Crippen MR) is 48.7 cm³/mol. The van der Waals surface area contributed by atoms with E-state index in [1.54, 1.807) is 6.07 Å². The number of carbonyl (C=O) groups is 2. The molecule has 2 N–H and O–H groups in total. The lowest BCUT2D eigenvalue weighted by molar-refractivity contribution is 0.0444. The van der Waals surface area contributed by atoms with Crippen LogP contribution < -0.4 is 5.69 Å². The van der Waals surface area contributed by atoms with E-state index in [1.165, 1.54) is 6.07 Å². The van der Waals surface area contributed by atoms with Crippen LogP contribution in [-0.2, 0) is 4.74 Å². The fourth-order valence-electron chi connectivity index (χ4n) is 1.68. The van der Waals surface area contributed by atoms with E-state index in [9.17, 15) is 14.4 Å². The SMILES string of the molecule is O=C1OC(=O)c2c1ccc1[nH]c(=O)[nH]c21. The van der Waals surface area contributed by atoms with Gasteiger partial charge in [-0.2, -0.15) is 0 Å². The minimum atomic E-state index is -0.726. The molecule has 0 saturated carbocycles. The number of nitrogens with one attached hydrogen (secondary N) is 2. The number of fused-ring (bicyclic) bond motifs is 3. The highest BCUT2D eigenvalue weighted by Gasteiger charge is 2.32. The van der Waals surface area contributed by atoms with Gasteiger partial charge in [0, 0.05) is 0 Å². The predicted octanol–water partition coefficient (Wildman–Crippen LogP) is 0.167. The Morgan fingerprint density at radius 1 is 1.00 bits per heavy atom. The first kappa shape index (κ1) is 7.98. The third-order valence-corrected chi connectivity index (χ3v) is 2.30. The molecule has 3 rings (SSSR count). The first-order valence-corrected chi connectivity index (χ1v) is 4.18. The van der Waals surface area contributed by atoms with Crippen molar-refractivity contribution in [2.45, 2.75) is 0 Å². The summed E-state index contributed by atoms with van der Waals surface area (Å²) in [6.45, 7) is 0. The van der Waals surface area contributed by atoms with Gasteiger partial charge in [-0.05, 0) is 12.1 Å². The molecule has 1 aromatic heterocycles. The quantitative estimate of drug-likeness (QED) is 0.472. The Bertz CT molecular complexity index is 664. The monoisotopic (exact) mass is 204 g/mol. The van der Waals surface area contributed by atoms with Crippen molar-refractivity contribution in [3.05, 3.63) is 33.7 Å². The first-order valence-electron chi connectivity index (χ1n) is 4.18. The Labute approximate surface area is 81.9 Å². The molecule has 0 unspecified atom stereocenters. The molecule has 0 aliphatic carbocycles. The molecule has 0 bridgehead atoms. The number of carbonyl (C=O) groups excluding carboxylic acids is 2. The lowest BCUT2D eigenvalue weighted by Crippen LogP contribution is -2.01. The number of ether oxygens (including phenoxy) is 1. The number of aromatic nitrogens is 2. The summed E-state index contributed by atoms with van der Waals surface area (Å²) in [5.41, 5.74) is 0.669. The first-order chi connectivity index (χ1) is 7.16. The van der Waals surface area contributed by atoms with Gasteiger partial charge in [-0.3, -0.25) is 0 Å². The van der Waals surface area contributed by atoms with Crippen molar-refractivity contribution in [2.75, 3.05) is 0 Å². The number of rotatable bonds is 0. The highest BCUT2D eigenvalue weighted by molar-refractivity contribution is 6.20.